The number of fused-ring (bicyclic) bond motifs is 3. The van der Waals surface area contributed by atoms with Crippen LogP contribution in [0.3, 0.4) is 0 Å². The van der Waals surface area contributed by atoms with Crippen molar-refractivity contribution in [2.75, 3.05) is 0 Å². The number of nitrogens with zero attached hydrogens (tertiary/aromatic N) is 2. The summed E-state index contributed by atoms with van der Waals surface area (Å²) in [5.74, 6) is 0. The SMILES string of the molecule is CC1(Cc2ccccn2)C(C=Cc2ccccc2)=[N+](Cc2ccccc2)c2ccc3ccccc3c21. The van der Waals surface area contributed by atoms with Gasteiger partial charge in [-0.15, -0.1) is 0 Å². The maximum absolute atomic E-state index is 4.75. The largest absolute Gasteiger partial charge is 0.261 e. The van der Waals surface area contributed by atoms with Gasteiger partial charge in [0.25, 0.3) is 0 Å². The second kappa shape index (κ2) is 9.39. The zero-order valence-electron chi connectivity index (χ0n) is 20.5. The van der Waals surface area contributed by atoms with Crippen LogP contribution in [-0.2, 0) is 18.4 Å². The molecule has 1 aromatic heterocycles. The Bertz CT molecular complexity index is 1570. The molecule has 0 fully saturated rings. The lowest BCUT2D eigenvalue weighted by molar-refractivity contribution is -0.455. The number of pyridine rings is 1. The molecular formula is C34H29N2+. The van der Waals surface area contributed by atoms with Crippen LogP contribution >= 0.6 is 0 Å². The third-order valence-electron chi connectivity index (χ3n) is 7.28. The standard InChI is InChI=1S/C34H29N2/c1-34(24-29-17-10-11-23-35-29)32(22-19-26-12-4-2-5-13-26)36(25-27-14-6-3-7-15-27)31-21-20-28-16-8-9-18-30(28)33(31)34/h2-23H,24-25H2,1H3/q+1. The van der Waals surface area contributed by atoms with Crippen molar-refractivity contribution in [1.82, 2.24) is 4.98 Å². The Morgan fingerprint density at radius 2 is 1.44 bits per heavy atom. The summed E-state index contributed by atoms with van der Waals surface area (Å²) in [6.07, 6.45) is 7.31. The van der Waals surface area contributed by atoms with Crippen molar-refractivity contribution in [2.24, 2.45) is 0 Å². The van der Waals surface area contributed by atoms with Gasteiger partial charge in [-0.2, -0.15) is 4.58 Å². The number of rotatable bonds is 6. The summed E-state index contributed by atoms with van der Waals surface area (Å²) < 4.78 is 2.51. The molecule has 0 saturated heterocycles. The summed E-state index contributed by atoms with van der Waals surface area (Å²) in [5, 5.41) is 2.59. The number of hydrogen-bond acceptors (Lipinski definition) is 1. The lowest BCUT2D eigenvalue weighted by atomic mass is 9.73. The molecule has 2 nitrogen and oxygen atoms in total. The van der Waals surface area contributed by atoms with Crippen LogP contribution in [0.25, 0.3) is 16.8 Å². The first-order valence-corrected chi connectivity index (χ1v) is 12.6. The third-order valence-corrected chi connectivity index (χ3v) is 7.28. The average Bonchev–Trinajstić information content (AvgIpc) is 3.16. The molecule has 0 amide bonds. The average molecular weight is 466 g/mol. The summed E-state index contributed by atoms with van der Waals surface area (Å²) in [6.45, 7) is 3.21. The monoisotopic (exact) mass is 465 g/mol. The molecule has 4 aromatic carbocycles. The van der Waals surface area contributed by atoms with E-state index in [4.69, 9.17) is 4.98 Å². The molecule has 2 heteroatoms. The minimum atomic E-state index is -0.245. The van der Waals surface area contributed by atoms with E-state index < -0.39 is 0 Å². The van der Waals surface area contributed by atoms with E-state index in [1.165, 1.54) is 38.9 Å². The molecule has 1 unspecified atom stereocenters. The predicted octanol–water partition coefficient (Wildman–Crippen LogP) is 7.75. The molecule has 0 bridgehead atoms. The molecular weight excluding hydrogens is 436 g/mol. The van der Waals surface area contributed by atoms with Gasteiger partial charge in [0, 0.05) is 41.6 Å². The van der Waals surface area contributed by atoms with E-state index in [0.29, 0.717) is 0 Å². The minimum absolute atomic E-state index is 0.245. The summed E-state index contributed by atoms with van der Waals surface area (Å²) in [6, 6.07) is 40.9. The Morgan fingerprint density at radius 1 is 0.722 bits per heavy atom. The third kappa shape index (κ3) is 4.05. The fourth-order valence-corrected chi connectivity index (χ4v) is 5.61. The summed E-state index contributed by atoms with van der Waals surface area (Å²) in [7, 11) is 0. The number of benzene rings is 4. The second-order valence-corrected chi connectivity index (χ2v) is 9.71. The van der Waals surface area contributed by atoms with Crippen LogP contribution in [0, 0.1) is 0 Å². The molecule has 174 valence electrons. The Hall–Kier alpha value is -4.30. The molecule has 0 saturated carbocycles. The molecule has 0 aliphatic carbocycles. The molecule has 1 atom stereocenters. The fraction of sp³-hybridized carbons (Fsp3) is 0.118. The van der Waals surface area contributed by atoms with Gasteiger partial charge in [-0.05, 0) is 47.5 Å². The van der Waals surface area contributed by atoms with E-state index in [-0.39, 0.29) is 5.41 Å². The molecule has 5 aromatic rings. The normalized spacial score (nSPS) is 17.1. The fourth-order valence-electron chi connectivity index (χ4n) is 5.61. The molecule has 0 N–H and O–H groups in total. The highest BCUT2D eigenvalue weighted by Gasteiger charge is 2.49. The first kappa shape index (κ1) is 22.2. The lowest BCUT2D eigenvalue weighted by Crippen LogP contribution is -2.34. The molecule has 0 radical (unpaired) electrons. The van der Waals surface area contributed by atoms with E-state index >= 15 is 0 Å². The van der Waals surface area contributed by atoms with Crippen LogP contribution < -0.4 is 0 Å². The van der Waals surface area contributed by atoms with Crippen molar-refractivity contribution in [3.8, 4) is 0 Å². The van der Waals surface area contributed by atoms with Gasteiger partial charge in [-0.1, -0.05) is 91.0 Å². The molecule has 1 aliphatic rings. The quantitative estimate of drug-likeness (QED) is 0.234. The molecule has 2 heterocycles. The Labute approximate surface area is 212 Å². The minimum Gasteiger partial charge on any atom is -0.261 e. The van der Waals surface area contributed by atoms with Crippen molar-refractivity contribution < 1.29 is 4.58 Å². The first-order valence-electron chi connectivity index (χ1n) is 12.6. The highest BCUT2D eigenvalue weighted by atomic mass is 15.1. The maximum Gasteiger partial charge on any atom is 0.210 e. The molecule has 0 spiro atoms. The predicted molar refractivity (Wildman–Crippen MR) is 150 cm³/mol. The van der Waals surface area contributed by atoms with Gasteiger partial charge in [0.15, 0.2) is 12.3 Å². The van der Waals surface area contributed by atoms with Gasteiger partial charge in [-0.25, -0.2) is 0 Å². The summed E-state index contributed by atoms with van der Waals surface area (Å²) in [5.41, 5.74) is 7.32. The van der Waals surface area contributed by atoms with Crippen molar-refractivity contribution in [2.45, 2.75) is 25.3 Å². The van der Waals surface area contributed by atoms with Crippen LogP contribution in [0.2, 0.25) is 0 Å². The lowest BCUT2D eigenvalue weighted by Gasteiger charge is -2.23. The van der Waals surface area contributed by atoms with Crippen LogP contribution in [0.15, 0.2) is 128 Å². The maximum atomic E-state index is 4.75. The van der Waals surface area contributed by atoms with Crippen molar-refractivity contribution >= 4 is 28.2 Å². The van der Waals surface area contributed by atoms with Gasteiger partial charge in [0.1, 0.15) is 0 Å². The number of hydrogen-bond donors (Lipinski definition) is 0. The zero-order valence-corrected chi connectivity index (χ0v) is 20.5. The van der Waals surface area contributed by atoms with Crippen molar-refractivity contribution in [3.63, 3.8) is 0 Å². The van der Waals surface area contributed by atoms with E-state index in [9.17, 15) is 0 Å². The van der Waals surface area contributed by atoms with Crippen LogP contribution in [0.4, 0.5) is 5.69 Å². The summed E-state index contributed by atoms with van der Waals surface area (Å²) in [4.78, 5) is 4.75. The highest BCUT2D eigenvalue weighted by Crippen LogP contribution is 2.46. The number of allylic oxidation sites excluding steroid dienone is 1. The van der Waals surface area contributed by atoms with Gasteiger partial charge in [-0.3, -0.25) is 4.98 Å². The van der Waals surface area contributed by atoms with E-state index in [0.717, 1.165) is 18.7 Å². The zero-order chi connectivity index (χ0) is 24.4. The Morgan fingerprint density at radius 3 is 2.22 bits per heavy atom. The topological polar surface area (TPSA) is 15.9 Å². The first-order chi connectivity index (χ1) is 17.7. The van der Waals surface area contributed by atoms with Crippen molar-refractivity contribution in [1.29, 1.82) is 0 Å². The molecule has 6 rings (SSSR count). The van der Waals surface area contributed by atoms with Crippen LogP contribution in [0.5, 0.6) is 0 Å². The Kier molecular flexibility index (Phi) is 5.79. The summed E-state index contributed by atoms with van der Waals surface area (Å²) >= 11 is 0. The Balaban J connectivity index is 1.60. The second-order valence-electron chi connectivity index (χ2n) is 9.71. The molecule has 1 aliphatic heterocycles. The van der Waals surface area contributed by atoms with Gasteiger partial charge in [0.05, 0.1) is 5.41 Å². The van der Waals surface area contributed by atoms with Crippen LogP contribution in [0.1, 0.15) is 29.3 Å². The van der Waals surface area contributed by atoms with E-state index in [2.05, 4.69) is 133 Å². The van der Waals surface area contributed by atoms with E-state index in [1.54, 1.807) is 0 Å². The molecule has 36 heavy (non-hydrogen) atoms. The van der Waals surface area contributed by atoms with Crippen LogP contribution in [-0.4, -0.2) is 15.3 Å². The number of aromatic nitrogens is 1. The van der Waals surface area contributed by atoms with Crippen molar-refractivity contribution in [3.05, 3.63) is 150 Å². The highest BCUT2D eigenvalue weighted by molar-refractivity contribution is 6.09. The van der Waals surface area contributed by atoms with Gasteiger partial charge < -0.3 is 0 Å². The van der Waals surface area contributed by atoms with Gasteiger partial charge in [0.2, 0.25) is 5.69 Å². The smallest absolute Gasteiger partial charge is 0.210 e. The van der Waals surface area contributed by atoms with E-state index in [1.807, 2.05) is 12.3 Å². The van der Waals surface area contributed by atoms with Gasteiger partial charge >= 0.3 is 0 Å².